The minimum absolute atomic E-state index is 0.0149. The molecule has 0 N–H and O–H groups in total. The Bertz CT molecular complexity index is 1410. The minimum Gasteiger partial charge on any atom is -0.375 e. The van der Waals surface area contributed by atoms with Gasteiger partial charge in [-0.25, -0.2) is 13.4 Å². The molecular formula is C23H25ClN4O5S3. The van der Waals surface area contributed by atoms with Crippen LogP contribution in [0.1, 0.15) is 26.8 Å². The molecule has 1 aromatic carbocycles. The molecular weight excluding hydrogens is 544 g/mol. The number of carbonyl (C=O) groups is 2. The topological polar surface area (TPSA) is 100 Å². The second-order valence-corrected chi connectivity index (χ2v) is 13.7. The Morgan fingerprint density at radius 2 is 2.03 bits per heavy atom. The van der Waals surface area contributed by atoms with Crippen LogP contribution in [-0.4, -0.2) is 85.7 Å². The maximum atomic E-state index is 13.6. The van der Waals surface area contributed by atoms with Gasteiger partial charge < -0.3 is 14.5 Å². The van der Waals surface area contributed by atoms with E-state index in [1.807, 2.05) is 0 Å². The van der Waals surface area contributed by atoms with Gasteiger partial charge in [-0.1, -0.05) is 17.7 Å². The van der Waals surface area contributed by atoms with Gasteiger partial charge >= 0.3 is 0 Å². The van der Waals surface area contributed by atoms with Gasteiger partial charge in [-0.2, -0.15) is 4.31 Å². The molecule has 5 rings (SSSR count). The zero-order valence-corrected chi connectivity index (χ0v) is 23.0. The van der Waals surface area contributed by atoms with E-state index in [0.717, 1.165) is 32.0 Å². The quantitative estimate of drug-likeness (QED) is 0.469. The molecule has 0 bridgehead atoms. The van der Waals surface area contributed by atoms with Crippen molar-refractivity contribution in [3.05, 3.63) is 44.9 Å². The third-order valence-electron chi connectivity index (χ3n) is 6.35. The summed E-state index contributed by atoms with van der Waals surface area (Å²) in [5.74, 6) is -0.458. The Labute approximate surface area is 222 Å². The molecule has 1 saturated heterocycles. The Balaban J connectivity index is 1.42. The largest absolute Gasteiger partial charge is 0.375 e. The standard InChI is InChI=1S/C23H25ClN4O5S3/c1-26(2)20(29)11-16-12-27(36(31,32)21-9-14-3-4-15(24)10-18(14)34-21)6-7-28(16)23(30)22-25-17-5-8-33-13-19(17)35-22/h3-4,9-10,16H,5-8,11-13H2,1-2H3. The smallest absolute Gasteiger partial charge is 0.283 e. The highest BCUT2D eigenvalue weighted by Crippen LogP contribution is 2.34. The van der Waals surface area contributed by atoms with Gasteiger partial charge in [0.15, 0.2) is 5.01 Å². The fraction of sp³-hybridized carbons (Fsp3) is 0.435. The summed E-state index contributed by atoms with van der Waals surface area (Å²) < 4.78 is 35.0. The average molecular weight is 569 g/mol. The maximum absolute atomic E-state index is 13.6. The van der Waals surface area contributed by atoms with Crippen LogP contribution in [0, 0.1) is 0 Å². The normalized spacial score (nSPS) is 18.9. The van der Waals surface area contributed by atoms with Gasteiger partial charge in [0, 0.05) is 56.3 Å². The third kappa shape index (κ3) is 4.90. The van der Waals surface area contributed by atoms with E-state index in [-0.39, 0.29) is 42.1 Å². The van der Waals surface area contributed by atoms with Crippen LogP contribution in [0.15, 0.2) is 28.5 Å². The fourth-order valence-electron chi connectivity index (χ4n) is 4.35. The second kappa shape index (κ2) is 9.99. The van der Waals surface area contributed by atoms with Crippen LogP contribution in [0.3, 0.4) is 0 Å². The van der Waals surface area contributed by atoms with Crippen molar-refractivity contribution >= 4 is 66.2 Å². The molecule has 0 spiro atoms. The van der Waals surface area contributed by atoms with Gasteiger partial charge in [-0.05, 0) is 23.6 Å². The van der Waals surface area contributed by atoms with Crippen molar-refractivity contribution in [1.82, 2.24) is 19.1 Å². The molecule has 0 radical (unpaired) electrons. The molecule has 13 heteroatoms. The average Bonchev–Trinajstić information content (AvgIpc) is 3.48. The van der Waals surface area contributed by atoms with E-state index in [1.54, 1.807) is 43.3 Å². The summed E-state index contributed by atoms with van der Waals surface area (Å²) >= 11 is 8.54. The van der Waals surface area contributed by atoms with Crippen LogP contribution in [-0.2, 0) is 32.6 Å². The van der Waals surface area contributed by atoms with E-state index in [1.165, 1.54) is 20.5 Å². The SMILES string of the molecule is CN(C)C(=O)CC1CN(S(=O)(=O)c2cc3ccc(Cl)cc3s2)CCN1C(=O)c1nc2c(s1)COCC2. The van der Waals surface area contributed by atoms with E-state index in [9.17, 15) is 18.0 Å². The van der Waals surface area contributed by atoms with E-state index in [4.69, 9.17) is 16.3 Å². The first-order valence-electron chi connectivity index (χ1n) is 11.4. The summed E-state index contributed by atoms with van der Waals surface area (Å²) in [6.45, 7) is 1.34. The molecule has 2 aliphatic heterocycles. The number of benzene rings is 1. The molecule has 192 valence electrons. The lowest BCUT2D eigenvalue weighted by atomic mass is 10.1. The lowest BCUT2D eigenvalue weighted by Gasteiger charge is -2.40. The van der Waals surface area contributed by atoms with Crippen molar-refractivity contribution in [1.29, 1.82) is 0 Å². The molecule has 9 nitrogen and oxygen atoms in total. The number of piperazine rings is 1. The molecule has 3 aromatic rings. The van der Waals surface area contributed by atoms with Crippen LogP contribution in [0.25, 0.3) is 10.1 Å². The summed E-state index contributed by atoms with van der Waals surface area (Å²) in [4.78, 5) is 34.6. The van der Waals surface area contributed by atoms with Crippen LogP contribution >= 0.6 is 34.3 Å². The van der Waals surface area contributed by atoms with Crippen molar-refractivity contribution in [2.75, 3.05) is 40.3 Å². The Kier molecular flexibility index (Phi) is 7.09. The Morgan fingerprint density at radius 3 is 2.78 bits per heavy atom. The molecule has 0 saturated carbocycles. The Morgan fingerprint density at radius 1 is 1.22 bits per heavy atom. The van der Waals surface area contributed by atoms with Gasteiger partial charge in [0.1, 0.15) is 4.21 Å². The summed E-state index contributed by atoms with van der Waals surface area (Å²) in [5, 5.41) is 1.69. The van der Waals surface area contributed by atoms with Crippen molar-refractivity contribution < 1.29 is 22.7 Å². The lowest BCUT2D eigenvalue weighted by molar-refractivity contribution is -0.130. The van der Waals surface area contributed by atoms with Gasteiger partial charge in [0.05, 0.1) is 29.8 Å². The molecule has 0 aliphatic carbocycles. The van der Waals surface area contributed by atoms with Gasteiger partial charge in [-0.3, -0.25) is 9.59 Å². The molecule has 2 amide bonds. The predicted molar refractivity (Wildman–Crippen MR) is 139 cm³/mol. The van der Waals surface area contributed by atoms with E-state index < -0.39 is 16.1 Å². The van der Waals surface area contributed by atoms with Crippen LogP contribution in [0.4, 0.5) is 0 Å². The van der Waals surface area contributed by atoms with Gasteiger partial charge in [0.2, 0.25) is 5.91 Å². The van der Waals surface area contributed by atoms with Crippen molar-refractivity contribution in [3.8, 4) is 0 Å². The number of ether oxygens (including phenoxy) is 1. The fourth-order valence-corrected chi connectivity index (χ4v) is 8.65. The van der Waals surface area contributed by atoms with Crippen molar-refractivity contribution in [3.63, 3.8) is 0 Å². The molecule has 4 heterocycles. The minimum atomic E-state index is -3.83. The summed E-state index contributed by atoms with van der Waals surface area (Å²) in [6, 6.07) is 6.29. The van der Waals surface area contributed by atoms with Gasteiger partial charge in [-0.15, -0.1) is 22.7 Å². The van der Waals surface area contributed by atoms with E-state index >= 15 is 0 Å². The monoisotopic (exact) mass is 568 g/mol. The van der Waals surface area contributed by atoms with E-state index in [2.05, 4.69) is 4.98 Å². The number of thiophene rings is 1. The van der Waals surface area contributed by atoms with E-state index in [0.29, 0.717) is 29.7 Å². The second-order valence-electron chi connectivity index (χ2n) is 8.95. The van der Waals surface area contributed by atoms with Crippen molar-refractivity contribution in [2.24, 2.45) is 0 Å². The number of halogens is 1. The number of hydrogen-bond donors (Lipinski definition) is 0. The molecule has 2 aromatic heterocycles. The first kappa shape index (κ1) is 25.6. The third-order valence-corrected chi connectivity index (χ3v) is 11.1. The molecule has 1 unspecified atom stereocenters. The number of thiazole rings is 1. The maximum Gasteiger partial charge on any atom is 0.283 e. The van der Waals surface area contributed by atoms with Crippen LogP contribution in [0.5, 0.6) is 0 Å². The molecule has 1 atom stereocenters. The van der Waals surface area contributed by atoms with Crippen LogP contribution in [0.2, 0.25) is 5.02 Å². The zero-order chi connectivity index (χ0) is 25.6. The summed E-state index contributed by atoms with van der Waals surface area (Å²) in [6.07, 6.45) is 0.676. The number of amides is 2. The van der Waals surface area contributed by atoms with Crippen molar-refractivity contribution in [2.45, 2.75) is 29.7 Å². The molecule has 2 aliphatic rings. The highest BCUT2D eigenvalue weighted by molar-refractivity contribution is 7.91. The highest BCUT2D eigenvalue weighted by Gasteiger charge is 2.39. The first-order chi connectivity index (χ1) is 17.1. The van der Waals surface area contributed by atoms with Gasteiger partial charge in [0.25, 0.3) is 15.9 Å². The number of hydrogen-bond acceptors (Lipinski definition) is 8. The molecule has 36 heavy (non-hydrogen) atoms. The summed E-state index contributed by atoms with van der Waals surface area (Å²) in [5.41, 5.74) is 0.876. The lowest BCUT2D eigenvalue weighted by Crippen LogP contribution is -2.57. The first-order valence-corrected chi connectivity index (χ1v) is 14.9. The number of carbonyl (C=O) groups excluding carboxylic acids is 2. The Hall–Kier alpha value is -2.09. The zero-order valence-electron chi connectivity index (χ0n) is 19.8. The predicted octanol–water partition coefficient (Wildman–Crippen LogP) is 3.08. The number of sulfonamides is 1. The number of rotatable bonds is 5. The number of nitrogens with zero attached hydrogens (tertiary/aromatic N) is 4. The number of fused-ring (bicyclic) bond motifs is 2. The highest BCUT2D eigenvalue weighted by atomic mass is 35.5. The van der Waals surface area contributed by atoms with Crippen LogP contribution < -0.4 is 0 Å². The number of aromatic nitrogens is 1. The summed E-state index contributed by atoms with van der Waals surface area (Å²) in [7, 11) is -0.542. The molecule has 1 fully saturated rings.